The van der Waals surface area contributed by atoms with Gasteiger partial charge in [0.05, 0.1) is 18.8 Å². The number of pyridine rings is 1. The van der Waals surface area contributed by atoms with E-state index in [0.29, 0.717) is 6.54 Å². The van der Waals surface area contributed by atoms with Crippen molar-refractivity contribution in [2.24, 2.45) is 0 Å². The molecule has 2 rings (SSSR count). The quantitative estimate of drug-likeness (QED) is 0.792. The van der Waals surface area contributed by atoms with Crippen LogP contribution in [0.2, 0.25) is 0 Å². The molecule has 0 aliphatic carbocycles. The zero-order chi connectivity index (χ0) is 15.4. The van der Waals surface area contributed by atoms with Gasteiger partial charge in [-0.1, -0.05) is 6.07 Å². The number of ether oxygens (including phenoxy) is 1. The van der Waals surface area contributed by atoms with E-state index < -0.39 is 5.97 Å². The number of aromatic nitrogens is 1. The zero-order valence-electron chi connectivity index (χ0n) is 12.8. The Labute approximate surface area is 124 Å². The smallest absolute Gasteiger partial charge is 0.373 e. The third-order valence-electron chi connectivity index (χ3n) is 3.44. The maximum atomic E-state index is 11.4. The molecule has 0 aliphatic heterocycles. The Morgan fingerprint density at radius 3 is 2.81 bits per heavy atom. The predicted molar refractivity (Wildman–Crippen MR) is 78.9 cm³/mol. The molecule has 1 unspecified atom stereocenters. The molecule has 0 fully saturated rings. The summed E-state index contributed by atoms with van der Waals surface area (Å²) in [4.78, 5) is 18.0. The van der Waals surface area contributed by atoms with Crippen LogP contribution < -0.4 is 0 Å². The molecule has 2 aromatic rings. The fraction of sp³-hybridized carbons (Fsp3) is 0.375. The topological polar surface area (TPSA) is 55.6 Å². The second-order valence-corrected chi connectivity index (χ2v) is 5.05. The lowest BCUT2D eigenvalue weighted by Crippen LogP contribution is -2.22. The van der Waals surface area contributed by atoms with Gasteiger partial charge in [-0.05, 0) is 45.2 Å². The molecule has 112 valence electrons. The average molecular weight is 288 g/mol. The first kappa shape index (κ1) is 15.3. The van der Waals surface area contributed by atoms with Gasteiger partial charge in [-0.3, -0.25) is 9.88 Å². The van der Waals surface area contributed by atoms with Gasteiger partial charge in [0.25, 0.3) is 0 Å². The van der Waals surface area contributed by atoms with Crippen LogP contribution in [0.1, 0.15) is 40.7 Å². The minimum Gasteiger partial charge on any atom is -0.463 e. The summed E-state index contributed by atoms with van der Waals surface area (Å²) in [5, 5.41) is 0. The van der Waals surface area contributed by atoms with Crippen LogP contribution in [0.4, 0.5) is 0 Å². The van der Waals surface area contributed by atoms with Gasteiger partial charge >= 0.3 is 5.97 Å². The van der Waals surface area contributed by atoms with Crippen molar-refractivity contribution in [3.05, 3.63) is 53.2 Å². The SMILES string of the molecule is COC(=O)c1ccc(C(C)N(C)Cc2cccc(C)n2)o1. The van der Waals surface area contributed by atoms with E-state index in [4.69, 9.17) is 4.42 Å². The van der Waals surface area contributed by atoms with Crippen molar-refractivity contribution in [2.45, 2.75) is 26.4 Å². The van der Waals surface area contributed by atoms with Gasteiger partial charge < -0.3 is 9.15 Å². The summed E-state index contributed by atoms with van der Waals surface area (Å²) < 4.78 is 10.2. The van der Waals surface area contributed by atoms with E-state index >= 15 is 0 Å². The number of carbonyl (C=O) groups is 1. The summed E-state index contributed by atoms with van der Waals surface area (Å²) in [6.07, 6.45) is 0. The van der Waals surface area contributed by atoms with Crippen LogP contribution in [0.5, 0.6) is 0 Å². The summed E-state index contributed by atoms with van der Waals surface area (Å²) in [6, 6.07) is 9.44. The number of hydrogen-bond donors (Lipinski definition) is 0. The molecule has 0 bridgehead atoms. The number of nitrogens with zero attached hydrogens (tertiary/aromatic N) is 2. The van der Waals surface area contributed by atoms with Gasteiger partial charge in [-0.25, -0.2) is 4.79 Å². The van der Waals surface area contributed by atoms with Crippen molar-refractivity contribution in [3.8, 4) is 0 Å². The maximum absolute atomic E-state index is 11.4. The Bertz CT molecular complexity index is 621. The first-order chi connectivity index (χ1) is 10.0. The highest BCUT2D eigenvalue weighted by atomic mass is 16.5. The number of carbonyl (C=O) groups excluding carboxylic acids is 1. The Hall–Kier alpha value is -2.14. The van der Waals surface area contributed by atoms with E-state index in [1.165, 1.54) is 7.11 Å². The molecule has 0 radical (unpaired) electrons. The number of methoxy groups -OCH3 is 1. The van der Waals surface area contributed by atoms with E-state index in [1.54, 1.807) is 12.1 Å². The largest absolute Gasteiger partial charge is 0.463 e. The molecule has 5 heteroatoms. The summed E-state index contributed by atoms with van der Waals surface area (Å²) >= 11 is 0. The summed E-state index contributed by atoms with van der Waals surface area (Å²) in [5.74, 6) is 0.489. The fourth-order valence-electron chi connectivity index (χ4n) is 2.08. The zero-order valence-corrected chi connectivity index (χ0v) is 12.8. The first-order valence-corrected chi connectivity index (χ1v) is 6.82. The second kappa shape index (κ2) is 6.54. The standard InChI is InChI=1S/C16H20N2O3/c1-11-6-5-7-13(17-11)10-18(3)12(2)14-8-9-15(21-14)16(19)20-4/h5-9,12H,10H2,1-4H3. The van der Waals surface area contributed by atoms with Gasteiger partial charge in [0.15, 0.2) is 0 Å². The van der Waals surface area contributed by atoms with E-state index in [-0.39, 0.29) is 11.8 Å². The summed E-state index contributed by atoms with van der Waals surface area (Å²) in [6.45, 7) is 4.70. The second-order valence-electron chi connectivity index (χ2n) is 5.05. The lowest BCUT2D eigenvalue weighted by atomic mass is 10.2. The highest BCUT2D eigenvalue weighted by Crippen LogP contribution is 2.23. The van der Waals surface area contributed by atoms with Crippen LogP contribution in [0.15, 0.2) is 34.7 Å². The van der Waals surface area contributed by atoms with Gasteiger partial charge in [-0.15, -0.1) is 0 Å². The van der Waals surface area contributed by atoms with Crippen molar-refractivity contribution >= 4 is 5.97 Å². The Morgan fingerprint density at radius 2 is 2.14 bits per heavy atom. The van der Waals surface area contributed by atoms with Crippen molar-refractivity contribution in [3.63, 3.8) is 0 Å². The molecule has 0 N–H and O–H groups in total. The van der Waals surface area contributed by atoms with Crippen molar-refractivity contribution < 1.29 is 13.9 Å². The van der Waals surface area contributed by atoms with Crippen molar-refractivity contribution in [1.82, 2.24) is 9.88 Å². The Balaban J connectivity index is 2.06. The first-order valence-electron chi connectivity index (χ1n) is 6.82. The monoisotopic (exact) mass is 288 g/mol. The lowest BCUT2D eigenvalue weighted by Gasteiger charge is -2.22. The van der Waals surface area contributed by atoms with Gasteiger partial charge in [0, 0.05) is 12.2 Å². The molecule has 0 amide bonds. The normalized spacial score (nSPS) is 12.4. The lowest BCUT2D eigenvalue weighted by molar-refractivity contribution is 0.0559. The van der Waals surface area contributed by atoms with Crippen LogP contribution in [-0.2, 0) is 11.3 Å². The number of esters is 1. The molecule has 0 saturated carbocycles. The molecule has 0 aromatic carbocycles. The number of aryl methyl sites for hydroxylation is 1. The number of rotatable bonds is 5. The third kappa shape index (κ3) is 3.70. The number of hydrogen-bond acceptors (Lipinski definition) is 5. The van der Waals surface area contributed by atoms with Crippen LogP contribution in [0.25, 0.3) is 0 Å². The molecule has 21 heavy (non-hydrogen) atoms. The minimum absolute atomic E-state index is 0.0331. The van der Waals surface area contributed by atoms with Crippen LogP contribution in [-0.4, -0.2) is 30.0 Å². The Morgan fingerprint density at radius 1 is 1.38 bits per heavy atom. The third-order valence-corrected chi connectivity index (χ3v) is 3.44. The van der Waals surface area contributed by atoms with Crippen LogP contribution in [0.3, 0.4) is 0 Å². The maximum Gasteiger partial charge on any atom is 0.373 e. The molecule has 2 aromatic heterocycles. The van der Waals surface area contributed by atoms with E-state index in [0.717, 1.165) is 17.1 Å². The molecule has 1 atom stereocenters. The van der Waals surface area contributed by atoms with E-state index in [1.807, 2.05) is 39.1 Å². The highest BCUT2D eigenvalue weighted by molar-refractivity contribution is 5.86. The molecule has 5 nitrogen and oxygen atoms in total. The summed E-state index contributed by atoms with van der Waals surface area (Å²) in [7, 11) is 3.33. The molecule has 0 spiro atoms. The average Bonchev–Trinajstić information content (AvgIpc) is 2.95. The van der Waals surface area contributed by atoms with E-state index in [2.05, 4.69) is 14.6 Å². The molecule has 0 aliphatic rings. The van der Waals surface area contributed by atoms with Crippen molar-refractivity contribution in [2.75, 3.05) is 14.2 Å². The van der Waals surface area contributed by atoms with Crippen LogP contribution in [0, 0.1) is 6.92 Å². The number of furan rings is 1. The van der Waals surface area contributed by atoms with Crippen molar-refractivity contribution in [1.29, 1.82) is 0 Å². The molecule has 2 heterocycles. The molecular formula is C16H20N2O3. The van der Waals surface area contributed by atoms with Gasteiger partial charge in [-0.2, -0.15) is 0 Å². The molecular weight excluding hydrogens is 268 g/mol. The fourth-order valence-corrected chi connectivity index (χ4v) is 2.08. The van der Waals surface area contributed by atoms with Crippen LogP contribution >= 0.6 is 0 Å². The Kier molecular flexibility index (Phi) is 4.75. The van der Waals surface area contributed by atoms with Gasteiger partial charge in [0.1, 0.15) is 5.76 Å². The molecule has 0 saturated heterocycles. The minimum atomic E-state index is -0.462. The predicted octanol–water partition coefficient (Wildman–Crippen LogP) is 2.96. The highest BCUT2D eigenvalue weighted by Gasteiger charge is 2.19. The van der Waals surface area contributed by atoms with E-state index in [9.17, 15) is 4.79 Å². The summed E-state index contributed by atoms with van der Waals surface area (Å²) in [5.41, 5.74) is 2.00. The van der Waals surface area contributed by atoms with Gasteiger partial charge in [0.2, 0.25) is 5.76 Å².